The summed E-state index contributed by atoms with van der Waals surface area (Å²) in [5, 5.41) is 0. The number of hydrogen-bond acceptors (Lipinski definition) is 1. The van der Waals surface area contributed by atoms with E-state index < -0.39 is 0 Å². The highest BCUT2D eigenvalue weighted by molar-refractivity contribution is 5.75. The number of nitrogens with zero attached hydrogens (tertiary/aromatic N) is 1. The average molecular weight is 230 g/mol. The van der Waals surface area contributed by atoms with Crippen molar-refractivity contribution >= 4 is 5.57 Å². The maximum absolute atomic E-state index is 4.40. The highest BCUT2D eigenvalue weighted by Gasteiger charge is 2.11. The molecule has 1 aliphatic rings. The van der Waals surface area contributed by atoms with Gasteiger partial charge in [0, 0.05) is 36.6 Å². The van der Waals surface area contributed by atoms with Crippen molar-refractivity contribution in [2.24, 2.45) is 0 Å². The van der Waals surface area contributed by atoms with E-state index in [1.54, 1.807) is 0 Å². The van der Waals surface area contributed by atoms with Crippen LogP contribution in [0.4, 0.5) is 0 Å². The van der Waals surface area contributed by atoms with Crippen LogP contribution in [0.25, 0.3) is 16.7 Å². The van der Waals surface area contributed by atoms with Crippen LogP contribution in [-0.4, -0.2) is 4.98 Å². The smallest absolute Gasteiger partial charge is 0.173 e. The highest BCUT2D eigenvalue weighted by Crippen LogP contribution is 2.23. The van der Waals surface area contributed by atoms with Crippen molar-refractivity contribution in [1.82, 2.24) is 4.98 Å². The minimum Gasteiger partial charge on any atom is -0.206 e. The van der Waals surface area contributed by atoms with E-state index in [-0.39, 0.29) is 0 Å². The predicted octanol–water partition coefficient (Wildman–Crippen LogP) is 4.06. The van der Waals surface area contributed by atoms with Crippen molar-refractivity contribution in [2.75, 3.05) is 0 Å². The molecule has 3 rings (SSSR count). The van der Waals surface area contributed by atoms with E-state index in [1.165, 1.54) is 11.1 Å². The number of allylic oxidation sites excluding steroid dienone is 6. The van der Waals surface area contributed by atoms with E-state index in [2.05, 4.69) is 29.3 Å². The second-order valence-corrected chi connectivity index (χ2v) is 4.07. The average Bonchev–Trinajstić information content (AvgIpc) is 2.49. The fraction of sp³-hybridized carbons (Fsp3) is 0. The molecule has 0 atom stereocenters. The molecule has 1 heterocycles. The molecule has 0 amide bonds. The standard InChI is InChI=1S/C17H12N/c1-3-7-14(8-4-1)16-11-12-18-17(13-16)15-9-5-2-6-10-15/h1-9,11-13H/q+1. The van der Waals surface area contributed by atoms with Crippen LogP contribution in [0, 0.1) is 6.08 Å². The van der Waals surface area contributed by atoms with Crippen molar-refractivity contribution < 1.29 is 0 Å². The third-order valence-corrected chi connectivity index (χ3v) is 2.85. The van der Waals surface area contributed by atoms with Crippen LogP contribution in [0.15, 0.2) is 73.0 Å². The minimum atomic E-state index is 0.956. The molecule has 84 valence electrons. The van der Waals surface area contributed by atoms with E-state index in [0.717, 1.165) is 11.3 Å². The van der Waals surface area contributed by atoms with Crippen LogP contribution in [0.2, 0.25) is 0 Å². The molecule has 1 aromatic carbocycles. The largest absolute Gasteiger partial charge is 0.206 e. The van der Waals surface area contributed by atoms with Gasteiger partial charge in [0.2, 0.25) is 0 Å². The Kier molecular flexibility index (Phi) is 2.83. The molecular formula is C17H12N+. The zero-order valence-electron chi connectivity index (χ0n) is 9.88. The number of pyridine rings is 1. The summed E-state index contributed by atoms with van der Waals surface area (Å²) in [5.74, 6) is 0. The zero-order chi connectivity index (χ0) is 12.2. The third kappa shape index (κ3) is 2.13. The van der Waals surface area contributed by atoms with Gasteiger partial charge in [0.15, 0.2) is 11.3 Å². The van der Waals surface area contributed by atoms with Crippen molar-refractivity contribution in [3.05, 3.63) is 84.7 Å². The summed E-state index contributed by atoms with van der Waals surface area (Å²) in [5.41, 5.74) is 4.36. The molecule has 0 spiro atoms. The van der Waals surface area contributed by atoms with Crippen molar-refractivity contribution in [1.29, 1.82) is 0 Å². The summed E-state index contributed by atoms with van der Waals surface area (Å²) in [7, 11) is 0. The first-order valence-electron chi connectivity index (χ1n) is 5.92. The van der Waals surface area contributed by atoms with Gasteiger partial charge in [0.05, 0.1) is 6.08 Å². The van der Waals surface area contributed by atoms with Crippen molar-refractivity contribution in [2.45, 2.75) is 0 Å². The van der Waals surface area contributed by atoms with Gasteiger partial charge in [-0.15, -0.1) is 0 Å². The molecule has 0 saturated carbocycles. The number of hydrogen-bond donors (Lipinski definition) is 0. The molecule has 0 N–H and O–H groups in total. The second-order valence-electron chi connectivity index (χ2n) is 4.07. The van der Waals surface area contributed by atoms with Crippen molar-refractivity contribution in [3.8, 4) is 11.1 Å². The summed E-state index contributed by atoms with van der Waals surface area (Å²) in [6.07, 6.45) is 12.9. The van der Waals surface area contributed by atoms with Crippen LogP contribution in [-0.2, 0) is 0 Å². The Hall–Kier alpha value is -2.50. The second kappa shape index (κ2) is 4.79. The first-order valence-corrected chi connectivity index (χ1v) is 5.92. The monoisotopic (exact) mass is 230 g/mol. The van der Waals surface area contributed by atoms with Gasteiger partial charge < -0.3 is 0 Å². The number of aromatic nitrogens is 1. The molecule has 18 heavy (non-hydrogen) atoms. The summed E-state index contributed by atoms with van der Waals surface area (Å²) >= 11 is 0. The molecule has 2 aromatic rings. The number of benzene rings is 1. The van der Waals surface area contributed by atoms with E-state index in [9.17, 15) is 0 Å². The fourth-order valence-corrected chi connectivity index (χ4v) is 1.94. The molecule has 1 aromatic heterocycles. The quantitative estimate of drug-likeness (QED) is 0.709. The topological polar surface area (TPSA) is 12.9 Å². The van der Waals surface area contributed by atoms with Crippen LogP contribution in [0.1, 0.15) is 5.69 Å². The third-order valence-electron chi connectivity index (χ3n) is 2.85. The Bertz CT molecular complexity index is 634. The molecule has 0 radical (unpaired) electrons. The first-order chi connectivity index (χ1) is 8.93. The van der Waals surface area contributed by atoms with Gasteiger partial charge in [-0.25, -0.2) is 4.98 Å². The lowest BCUT2D eigenvalue weighted by Gasteiger charge is -2.01. The Labute approximate surface area is 107 Å². The molecule has 1 nitrogen and oxygen atoms in total. The summed E-state index contributed by atoms with van der Waals surface area (Å²) in [6.45, 7) is 0. The summed E-state index contributed by atoms with van der Waals surface area (Å²) in [4.78, 5) is 4.40. The lowest BCUT2D eigenvalue weighted by atomic mass is 10.0. The summed E-state index contributed by atoms with van der Waals surface area (Å²) in [6, 6.07) is 14.5. The molecule has 0 aliphatic heterocycles. The van der Waals surface area contributed by atoms with E-state index in [1.807, 2.05) is 54.8 Å². The zero-order valence-corrected chi connectivity index (χ0v) is 9.88. The van der Waals surface area contributed by atoms with Gasteiger partial charge in [0.1, 0.15) is 0 Å². The highest BCUT2D eigenvalue weighted by atomic mass is 14.7. The number of rotatable bonds is 2. The Morgan fingerprint density at radius 1 is 0.889 bits per heavy atom. The molecule has 1 aliphatic carbocycles. The van der Waals surface area contributed by atoms with Gasteiger partial charge >= 0.3 is 0 Å². The SMILES string of the molecule is [C+]1=CC=CC=C1c1cc(-c2ccccc2)ccn1. The maximum atomic E-state index is 4.40. The van der Waals surface area contributed by atoms with Crippen LogP contribution < -0.4 is 0 Å². The van der Waals surface area contributed by atoms with Gasteiger partial charge in [-0.1, -0.05) is 30.3 Å². The molecule has 0 fully saturated rings. The Morgan fingerprint density at radius 2 is 1.78 bits per heavy atom. The molecule has 0 unspecified atom stereocenters. The molecular weight excluding hydrogens is 218 g/mol. The summed E-state index contributed by atoms with van der Waals surface area (Å²) < 4.78 is 0. The normalized spacial score (nSPS) is 13.0. The first kappa shape index (κ1) is 10.6. The lowest BCUT2D eigenvalue weighted by Crippen LogP contribution is -1.89. The molecule has 0 saturated heterocycles. The van der Waals surface area contributed by atoms with Gasteiger partial charge in [-0.05, 0) is 17.2 Å². The van der Waals surface area contributed by atoms with Gasteiger partial charge in [-0.2, -0.15) is 0 Å². The van der Waals surface area contributed by atoms with Crippen LogP contribution in [0.5, 0.6) is 0 Å². The Morgan fingerprint density at radius 3 is 2.56 bits per heavy atom. The minimum absolute atomic E-state index is 0.956. The van der Waals surface area contributed by atoms with Crippen LogP contribution >= 0.6 is 0 Å². The van der Waals surface area contributed by atoms with E-state index in [4.69, 9.17) is 0 Å². The maximum Gasteiger partial charge on any atom is 0.173 e. The molecule has 1 heteroatoms. The van der Waals surface area contributed by atoms with Crippen molar-refractivity contribution in [3.63, 3.8) is 0 Å². The van der Waals surface area contributed by atoms with Gasteiger partial charge in [0.25, 0.3) is 0 Å². The van der Waals surface area contributed by atoms with E-state index in [0.29, 0.717) is 0 Å². The fourth-order valence-electron chi connectivity index (χ4n) is 1.94. The lowest BCUT2D eigenvalue weighted by molar-refractivity contribution is 1.28. The van der Waals surface area contributed by atoms with Gasteiger partial charge in [-0.3, -0.25) is 0 Å². The Balaban J connectivity index is 2.02. The predicted molar refractivity (Wildman–Crippen MR) is 74.6 cm³/mol. The van der Waals surface area contributed by atoms with Crippen LogP contribution in [0.3, 0.4) is 0 Å². The molecule has 0 bridgehead atoms. The van der Waals surface area contributed by atoms with E-state index >= 15 is 0 Å².